The molecule has 2 N–H and O–H groups in total. The molecule has 0 unspecified atom stereocenters. The molecule has 0 radical (unpaired) electrons. The minimum Gasteiger partial charge on any atom is -0.382 e. The maximum atomic E-state index is 13.4. The molecule has 136 valence electrons. The highest BCUT2D eigenvalue weighted by Gasteiger charge is 2.19. The minimum atomic E-state index is -0.342. The summed E-state index contributed by atoms with van der Waals surface area (Å²) >= 11 is 6.40. The Hall–Kier alpha value is -3.65. The first-order valence-electron chi connectivity index (χ1n) is 8.27. The molecule has 4 heterocycles. The van der Waals surface area contributed by atoms with E-state index in [0.717, 1.165) is 0 Å². The topological polar surface area (TPSA) is 94.9 Å². The zero-order valence-electron chi connectivity index (χ0n) is 14.2. The Kier molecular flexibility index (Phi) is 3.66. The predicted octanol–water partition coefficient (Wildman–Crippen LogP) is 3.78. The van der Waals surface area contributed by atoms with Crippen LogP contribution in [0.15, 0.2) is 55.2 Å². The lowest BCUT2D eigenvalue weighted by atomic mass is 9.98. The number of hydrogen-bond acceptors (Lipinski definition) is 6. The van der Waals surface area contributed by atoms with Crippen molar-refractivity contribution in [3.63, 3.8) is 0 Å². The highest BCUT2D eigenvalue weighted by Crippen LogP contribution is 2.38. The molecular weight excluding hydrogens is 381 g/mol. The van der Waals surface area contributed by atoms with Gasteiger partial charge in [0, 0.05) is 35.3 Å². The first-order valence-corrected chi connectivity index (χ1v) is 8.65. The minimum absolute atomic E-state index is 0.235. The number of fused-ring (bicyclic) bond motifs is 2. The Labute approximate surface area is 162 Å². The van der Waals surface area contributed by atoms with Crippen molar-refractivity contribution in [2.24, 2.45) is 0 Å². The van der Waals surface area contributed by atoms with E-state index in [9.17, 15) is 4.39 Å². The van der Waals surface area contributed by atoms with Gasteiger partial charge in [-0.25, -0.2) is 23.9 Å². The largest absolute Gasteiger partial charge is 0.382 e. The Morgan fingerprint density at radius 2 is 1.71 bits per heavy atom. The van der Waals surface area contributed by atoms with Gasteiger partial charge in [0.05, 0.1) is 10.7 Å². The molecule has 5 rings (SSSR count). The summed E-state index contributed by atoms with van der Waals surface area (Å²) < 4.78 is 15.0. The SMILES string of the molecule is Nc1nc(-c2ccc(F)cc2)c(-c2cc(Cl)c3ncnn3c2)c2nccnc12. The highest BCUT2D eigenvalue weighted by molar-refractivity contribution is 6.33. The van der Waals surface area contributed by atoms with Gasteiger partial charge >= 0.3 is 0 Å². The number of benzene rings is 1. The van der Waals surface area contributed by atoms with E-state index < -0.39 is 0 Å². The van der Waals surface area contributed by atoms with Crippen LogP contribution in [0, 0.1) is 5.82 Å². The molecular formula is C19H11ClFN7. The summed E-state index contributed by atoms with van der Waals surface area (Å²) in [5, 5.41) is 4.59. The first kappa shape index (κ1) is 16.5. The molecule has 0 atom stereocenters. The lowest BCUT2D eigenvalue weighted by Gasteiger charge is -2.14. The van der Waals surface area contributed by atoms with Crippen LogP contribution in [-0.4, -0.2) is 29.5 Å². The van der Waals surface area contributed by atoms with E-state index >= 15 is 0 Å². The quantitative estimate of drug-likeness (QED) is 0.492. The summed E-state index contributed by atoms with van der Waals surface area (Å²) in [4.78, 5) is 17.5. The highest BCUT2D eigenvalue weighted by atomic mass is 35.5. The number of nitrogen functional groups attached to an aromatic ring is 1. The average Bonchev–Trinajstić information content (AvgIpc) is 3.18. The Morgan fingerprint density at radius 3 is 2.50 bits per heavy atom. The number of pyridine rings is 2. The number of nitrogens with two attached hydrogens (primary N) is 1. The number of hydrogen-bond donors (Lipinski definition) is 1. The van der Waals surface area contributed by atoms with E-state index in [1.807, 2.05) is 0 Å². The number of aromatic nitrogens is 6. The normalized spacial score (nSPS) is 11.4. The molecule has 4 aromatic heterocycles. The number of rotatable bonds is 2. The van der Waals surface area contributed by atoms with E-state index in [0.29, 0.717) is 44.1 Å². The van der Waals surface area contributed by atoms with Gasteiger partial charge in [-0.2, -0.15) is 5.10 Å². The monoisotopic (exact) mass is 391 g/mol. The standard InChI is InChI=1S/C19H11ClFN7/c20-13-7-11(8-28-19(13)25-9-26-28)14-15(10-1-3-12(21)4-2-10)27-18(22)17-16(14)23-5-6-24-17/h1-9H,(H2,22,27). The Bertz CT molecular complexity index is 1350. The van der Waals surface area contributed by atoms with Gasteiger partial charge in [-0.15, -0.1) is 0 Å². The van der Waals surface area contributed by atoms with Crippen molar-refractivity contribution < 1.29 is 4.39 Å². The van der Waals surface area contributed by atoms with Crippen molar-refractivity contribution in [3.8, 4) is 22.4 Å². The zero-order chi connectivity index (χ0) is 19.3. The molecule has 0 aliphatic carbocycles. The fourth-order valence-corrected chi connectivity index (χ4v) is 3.42. The molecule has 28 heavy (non-hydrogen) atoms. The van der Waals surface area contributed by atoms with Crippen molar-refractivity contribution in [1.82, 2.24) is 29.5 Å². The maximum absolute atomic E-state index is 13.4. The van der Waals surface area contributed by atoms with E-state index in [-0.39, 0.29) is 11.6 Å². The molecule has 0 aliphatic heterocycles. The zero-order valence-corrected chi connectivity index (χ0v) is 15.0. The molecule has 7 nitrogen and oxygen atoms in total. The smallest absolute Gasteiger partial charge is 0.173 e. The summed E-state index contributed by atoms with van der Waals surface area (Å²) in [6, 6.07) is 7.77. The summed E-state index contributed by atoms with van der Waals surface area (Å²) in [5.41, 5.74) is 10.3. The van der Waals surface area contributed by atoms with Crippen LogP contribution >= 0.6 is 11.6 Å². The molecule has 0 aliphatic rings. The van der Waals surface area contributed by atoms with Crippen LogP contribution in [0.25, 0.3) is 39.1 Å². The van der Waals surface area contributed by atoms with Gasteiger partial charge in [0.1, 0.15) is 23.2 Å². The van der Waals surface area contributed by atoms with Crippen molar-refractivity contribution in [2.45, 2.75) is 0 Å². The van der Waals surface area contributed by atoms with Gasteiger partial charge < -0.3 is 5.73 Å². The molecule has 0 saturated heterocycles. The number of nitrogens with zero attached hydrogens (tertiary/aromatic N) is 6. The van der Waals surface area contributed by atoms with Crippen LogP contribution in [0.3, 0.4) is 0 Å². The van der Waals surface area contributed by atoms with Crippen molar-refractivity contribution >= 4 is 34.1 Å². The fraction of sp³-hybridized carbons (Fsp3) is 0. The van der Waals surface area contributed by atoms with E-state index in [2.05, 4.69) is 25.0 Å². The number of halogens is 2. The molecule has 1 aromatic carbocycles. The van der Waals surface area contributed by atoms with Gasteiger partial charge in [-0.3, -0.25) is 4.98 Å². The van der Waals surface area contributed by atoms with E-state index in [4.69, 9.17) is 17.3 Å². The van der Waals surface area contributed by atoms with Crippen LogP contribution in [0.1, 0.15) is 0 Å². The average molecular weight is 392 g/mol. The van der Waals surface area contributed by atoms with Crippen molar-refractivity contribution in [3.05, 3.63) is 66.1 Å². The van der Waals surface area contributed by atoms with E-state index in [1.54, 1.807) is 41.3 Å². The fourth-order valence-electron chi connectivity index (χ4n) is 3.16. The molecule has 0 saturated carbocycles. The summed E-state index contributed by atoms with van der Waals surface area (Å²) in [6.07, 6.45) is 6.33. The van der Waals surface area contributed by atoms with Crippen LogP contribution in [0.4, 0.5) is 10.2 Å². The first-order chi connectivity index (χ1) is 13.6. The molecule has 9 heteroatoms. The van der Waals surface area contributed by atoms with Gasteiger partial charge in [0.25, 0.3) is 0 Å². The molecule has 0 bridgehead atoms. The second-order valence-electron chi connectivity index (χ2n) is 6.09. The predicted molar refractivity (Wildman–Crippen MR) is 104 cm³/mol. The maximum Gasteiger partial charge on any atom is 0.173 e. The second-order valence-corrected chi connectivity index (χ2v) is 6.49. The van der Waals surface area contributed by atoms with Crippen LogP contribution in [0.5, 0.6) is 0 Å². The van der Waals surface area contributed by atoms with Gasteiger partial charge in [0.2, 0.25) is 0 Å². The molecule has 0 fully saturated rings. The Morgan fingerprint density at radius 1 is 0.964 bits per heavy atom. The molecule has 0 amide bonds. The lowest BCUT2D eigenvalue weighted by Crippen LogP contribution is -2.02. The summed E-state index contributed by atoms with van der Waals surface area (Å²) in [7, 11) is 0. The third kappa shape index (κ3) is 2.54. The number of anilines is 1. The van der Waals surface area contributed by atoms with Gasteiger partial charge in [-0.05, 0) is 30.3 Å². The second kappa shape index (κ2) is 6.21. The van der Waals surface area contributed by atoms with Crippen molar-refractivity contribution in [1.29, 1.82) is 0 Å². The van der Waals surface area contributed by atoms with Crippen LogP contribution in [0.2, 0.25) is 5.02 Å². The van der Waals surface area contributed by atoms with E-state index in [1.165, 1.54) is 18.5 Å². The van der Waals surface area contributed by atoms with Crippen LogP contribution in [-0.2, 0) is 0 Å². The summed E-state index contributed by atoms with van der Waals surface area (Å²) in [5.74, 6) is -0.106. The third-order valence-electron chi connectivity index (χ3n) is 4.38. The van der Waals surface area contributed by atoms with Crippen LogP contribution < -0.4 is 5.73 Å². The van der Waals surface area contributed by atoms with Gasteiger partial charge in [0.15, 0.2) is 11.5 Å². The Balaban J connectivity index is 1.90. The summed E-state index contributed by atoms with van der Waals surface area (Å²) in [6.45, 7) is 0. The van der Waals surface area contributed by atoms with Crippen molar-refractivity contribution in [2.75, 3.05) is 5.73 Å². The lowest BCUT2D eigenvalue weighted by molar-refractivity contribution is 0.628. The molecule has 0 spiro atoms. The third-order valence-corrected chi connectivity index (χ3v) is 4.66. The van der Waals surface area contributed by atoms with Gasteiger partial charge in [-0.1, -0.05) is 11.6 Å². The molecule has 5 aromatic rings.